The van der Waals surface area contributed by atoms with Gasteiger partial charge in [0, 0.05) is 62.3 Å². The molecule has 3 nitrogen and oxygen atoms in total. The van der Waals surface area contributed by atoms with Crippen molar-refractivity contribution in [3.8, 4) is 22.3 Å². The molecular formula is C32H44N3. The fourth-order valence-electron chi connectivity index (χ4n) is 5.22. The fourth-order valence-corrected chi connectivity index (χ4v) is 5.22. The summed E-state index contributed by atoms with van der Waals surface area (Å²) in [4.78, 5) is 7.25. The van der Waals surface area contributed by atoms with Crippen LogP contribution in [0.25, 0.3) is 22.3 Å². The Hall–Kier alpha value is -2.94. The maximum absolute atomic E-state index is 3.61. The molecule has 1 radical (unpaired) electrons. The third kappa shape index (κ3) is 5.50. The summed E-state index contributed by atoms with van der Waals surface area (Å²) < 4.78 is 0. The minimum Gasteiger partial charge on any atom is -0.372 e. The Morgan fingerprint density at radius 1 is 0.543 bits per heavy atom. The van der Waals surface area contributed by atoms with Gasteiger partial charge in [-0.15, -0.1) is 0 Å². The molecule has 3 aromatic carbocycles. The molecule has 35 heavy (non-hydrogen) atoms. The molecule has 0 fully saturated rings. The zero-order chi connectivity index (χ0) is 25.5. The molecule has 0 aliphatic carbocycles. The summed E-state index contributed by atoms with van der Waals surface area (Å²) in [6.07, 6.45) is 0. The molecule has 0 aliphatic heterocycles. The summed E-state index contributed by atoms with van der Waals surface area (Å²) in [6.45, 7) is 23.8. The molecule has 187 valence electrons. The maximum atomic E-state index is 3.61. The minimum absolute atomic E-state index is 0.958. The molecule has 0 saturated carbocycles. The molecule has 0 saturated heterocycles. The van der Waals surface area contributed by atoms with Gasteiger partial charge >= 0.3 is 0 Å². The van der Waals surface area contributed by atoms with Crippen LogP contribution in [-0.4, -0.2) is 39.3 Å². The first kappa shape index (κ1) is 26.7. The molecule has 0 amide bonds. The van der Waals surface area contributed by atoms with E-state index < -0.39 is 0 Å². The highest BCUT2D eigenvalue weighted by molar-refractivity contribution is 5.94. The summed E-state index contributed by atoms with van der Waals surface area (Å²) in [5.74, 6) is 0. The molecule has 3 rings (SSSR count). The fraction of sp³-hybridized carbons (Fsp3) is 0.438. The number of benzene rings is 3. The van der Waals surface area contributed by atoms with Gasteiger partial charge < -0.3 is 14.7 Å². The summed E-state index contributed by atoms with van der Waals surface area (Å²) in [5, 5.41) is 0. The molecule has 0 N–H and O–H groups in total. The summed E-state index contributed by atoms with van der Waals surface area (Å²) >= 11 is 0. The third-order valence-electron chi connectivity index (χ3n) is 7.29. The van der Waals surface area contributed by atoms with Gasteiger partial charge in [-0.05, 0) is 107 Å². The van der Waals surface area contributed by atoms with Crippen LogP contribution in [0.5, 0.6) is 0 Å². The third-order valence-corrected chi connectivity index (χ3v) is 7.29. The molecule has 3 heteroatoms. The van der Waals surface area contributed by atoms with Crippen molar-refractivity contribution in [2.45, 2.75) is 55.4 Å². The lowest BCUT2D eigenvalue weighted by Crippen LogP contribution is -2.23. The van der Waals surface area contributed by atoms with Crippen LogP contribution in [0, 0.1) is 19.9 Å². The Morgan fingerprint density at radius 3 is 1.43 bits per heavy atom. The van der Waals surface area contributed by atoms with E-state index in [1.807, 2.05) is 0 Å². The van der Waals surface area contributed by atoms with Crippen molar-refractivity contribution in [1.29, 1.82) is 0 Å². The average molecular weight is 471 g/mol. The zero-order valence-corrected chi connectivity index (χ0v) is 23.2. The van der Waals surface area contributed by atoms with Crippen LogP contribution in [0.3, 0.4) is 0 Å². The smallest absolute Gasteiger partial charge is 0.0532 e. The topological polar surface area (TPSA) is 9.72 Å². The van der Waals surface area contributed by atoms with E-state index in [4.69, 9.17) is 0 Å². The molecule has 0 spiro atoms. The number of rotatable bonds is 11. The Morgan fingerprint density at radius 2 is 1.00 bits per heavy atom. The first-order valence-electron chi connectivity index (χ1n) is 13.4. The van der Waals surface area contributed by atoms with Crippen molar-refractivity contribution in [2.24, 2.45) is 0 Å². The van der Waals surface area contributed by atoms with Crippen LogP contribution in [0.15, 0.2) is 48.5 Å². The zero-order valence-electron chi connectivity index (χ0n) is 23.2. The van der Waals surface area contributed by atoms with Crippen molar-refractivity contribution in [3.05, 3.63) is 65.7 Å². The Bertz CT molecular complexity index is 1110. The van der Waals surface area contributed by atoms with E-state index in [9.17, 15) is 0 Å². The predicted octanol–water partition coefficient (Wildman–Crippen LogP) is 7.98. The van der Waals surface area contributed by atoms with Crippen LogP contribution in [-0.2, 0) is 0 Å². The Kier molecular flexibility index (Phi) is 9.26. The van der Waals surface area contributed by atoms with Gasteiger partial charge in [0.1, 0.15) is 0 Å². The average Bonchev–Trinajstić information content (AvgIpc) is 2.87. The SMILES string of the molecule is CCN(CC)c1ccc(-c2cc[c]c(N(CC)CC)c2-c2ccc(N(CC)CC)cc2C)c(C)c1. The molecule has 0 aliphatic rings. The minimum atomic E-state index is 0.958. The highest BCUT2D eigenvalue weighted by Gasteiger charge is 2.20. The van der Waals surface area contributed by atoms with Gasteiger partial charge in [0.15, 0.2) is 0 Å². The molecule has 3 aromatic rings. The van der Waals surface area contributed by atoms with Crippen molar-refractivity contribution >= 4 is 17.1 Å². The molecule has 0 atom stereocenters. The predicted molar refractivity (Wildman–Crippen MR) is 156 cm³/mol. The van der Waals surface area contributed by atoms with Gasteiger partial charge in [0.05, 0.1) is 5.69 Å². The standard InChI is InChI=1S/C32H44N3/c1-9-33(10-2)26-18-20-28(24(7)22-26)30-16-15-17-31(35(13-5)14-6)32(30)29-21-19-27(23-25(29)8)34(11-3)12-4/h15-16,18-23H,9-14H2,1-8H3. The summed E-state index contributed by atoms with van der Waals surface area (Å²) in [5.41, 5.74) is 11.6. The molecule has 0 unspecified atom stereocenters. The number of hydrogen-bond acceptors (Lipinski definition) is 3. The lowest BCUT2D eigenvalue weighted by Gasteiger charge is -2.28. The number of aryl methyl sites for hydroxylation is 2. The van der Waals surface area contributed by atoms with E-state index in [0.29, 0.717) is 0 Å². The second-order valence-corrected chi connectivity index (χ2v) is 9.13. The van der Waals surface area contributed by atoms with E-state index in [1.54, 1.807) is 0 Å². The molecule has 0 heterocycles. The van der Waals surface area contributed by atoms with E-state index in [0.717, 1.165) is 39.3 Å². The lowest BCUT2D eigenvalue weighted by molar-refractivity contribution is 0.864. The second-order valence-electron chi connectivity index (χ2n) is 9.13. The van der Waals surface area contributed by atoms with E-state index in [-0.39, 0.29) is 0 Å². The highest BCUT2D eigenvalue weighted by atomic mass is 15.1. The van der Waals surface area contributed by atoms with Gasteiger partial charge in [-0.25, -0.2) is 0 Å². The van der Waals surface area contributed by atoms with Gasteiger partial charge in [-0.1, -0.05) is 24.3 Å². The largest absolute Gasteiger partial charge is 0.372 e. The number of anilines is 3. The summed E-state index contributed by atoms with van der Waals surface area (Å²) in [6, 6.07) is 21.9. The van der Waals surface area contributed by atoms with Gasteiger partial charge in [0.2, 0.25) is 0 Å². The molecule has 0 aromatic heterocycles. The molecule has 0 bridgehead atoms. The van der Waals surface area contributed by atoms with Crippen LogP contribution in [0.1, 0.15) is 52.7 Å². The van der Waals surface area contributed by atoms with E-state index in [1.165, 1.54) is 50.4 Å². The van der Waals surface area contributed by atoms with Gasteiger partial charge in [-0.2, -0.15) is 0 Å². The van der Waals surface area contributed by atoms with Crippen molar-refractivity contribution in [1.82, 2.24) is 0 Å². The Balaban J connectivity index is 2.25. The van der Waals surface area contributed by atoms with Crippen LogP contribution < -0.4 is 14.7 Å². The number of nitrogens with zero attached hydrogens (tertiary/aromatic N) is 3. The quantitative estimate of drug-likeness (QED) is 0.281. The highest BCUT2D eigenvalue weighted by Crippen LogP contribution is 2.43. The Labute approximate surface area is 214 Å². The van der Waals surface area contributed by atoms with Crippen molar-refractivity contribution < 1.29 is 0 Å². The number of hydrogen-bond donors (Lipinski definition) is 0. The first-order valence-corrected chi connectivity index (χ1v) is 13.4. The maximum Gasteiger partial charge on any atom is 0.0532 e. The van der Waals surface area contributed by atoms with Crippen LogP contribution in [0.2, 0.25) is 0 Å². The van der Waals surface area contributed by atoms with Crippen LogP contribution in [0.4, 0.5) is 17.1 Å². The van der Waals surface area contributed by atoms with E-state index in [2.05, 4.69) is 125 Å². The normalized spacial score (nSPS) is 11.0. The van der Waals surface area contributed by atoms with Crippen molar-refractivity contribution in [2.75, 3.05) is 54.0 Å². The van der Waals surface area contributed by atoms with Gasteiger partial charge in [0.25, 0.3) is 0 Å². The van der Waals surface area contributed by atoms with E-state index >= 15 is 0 Å². The molecular weight excluding hydrogens is 426 g/mol. The van der Waals surface area contributed by atoms with Gasteiger partial charge in [-0.3, -0.25) is 0 Å². The van der Waals surface area contributed by atoms with Crippen LogP contribution >= 0.6 is 0 Å². The van der Waals surface area contributed by atoms with Crippen molar-refractivity contribution in [3.63, 3.8) is 0 Å². The lowest BCUT2D eigenvalue weighted by atomic mass is 9.88. The monoisotopic (exact) mass is 470 g/mol. The second kappa shape index (κ2) is 12.2. The first-order chi connectivity index (χ1) is 16.9. The summed E-state index contributed by atoms with van der Waals surface area (Å²) in [7, 11) is 0.